The van der Waals surface area contributed by atoms with Gasteiger partial charge in [0.1, 0.15) is 4.88 Å². The normalized spacial score (nSPS) is 11.5. The van der Waals surface area contributed by atoms with Crippen LogP contribution in [0.2, 0.25) is 0 Å². The van der Waals surface area contributed by atoms with Gasteiger partial charge in [-0.2, -0.15) is 0 Å². The van der Waals surface area contributed by atoms with Crippen LogP contribution in [0.15, 0.2) is 29.6 Å². The van der Waals surface area contributed by atoms with Crippen LogP contribution in [0, 0.1) is 13.8 Å². The maximum atomic E-state index is 12.2. The van der Waals surface area contributed by atoms with Crippen LogP contribution in [0.5, 0.6) is 0 Å². The van der Waals surface area contributed by atoms with Crippen molar-refractivity contribution in [1.82, 2.24) is 4.72 Å². The third-order valence-corrected chi connectivity index (χ3v) is 5.60. The number of hydrogen-bond acceptors (Lipinski definition) is 4. The Bertz CT molecular complexity index is 773. The van der Waals surface area contributed by atoms with E-state index in [9.17, 15) is 13.2 Å². The van der Waals surface area contributed by atoms with Crippen molar-refractivity contribution in [2.45, 2.75) is 26.1 Å². The van der Waals surface area contributed by atoms with E-state index in [1.165, 1.54) is 0 Å². The summed E-state index contributed by atoms with van der Waals surface area (Å²) in [6, 6.07) is 7.26. The minimum absolute atomic E-state index is 0.0155. The average Bonchev–Trinajstić information content (AvgIpc) is 2.90. The third-order valence-electron chi connectivity index (χ3n) is 3.40. The Morgan fingerprint density at radius 2 is 1.86 bits per heavy atom. The van der Waals surface area contributed by atoms with Crippen LogP contribution >= 0.6 is 11.3 Å². The van der Waals surface area contributed by atoms with Gasteiger partial charge in [0.05, 0.1) is 5.75 Å². The molecule has 118 valence electrons. The van der Waals surface area contributed by atoms with Crippen LogP contribution in [0.4, 0.5) is 0 Å². The molecule has 0 atom stereocenters. The van der Waals surface area contributed by atoms with Gasteiger partial charge >= 0.3 is 5.97 Å². The number of aromatic carboxylic acids is 1. The molecule has 2 N–H and O–H groups in total. The molecule has 0 amide bonds. The first-order valence-corrected chi connectivity index (χ1v) is 9.15. The van der Waals surface area contributed by atoms with Crippen molar-refractivity contribution in [2.75, 3.05) is 0 Å². The van der Waals surface area contributed by atoms with Crippen LogP contribution in [0.25, 0.3) is 0 Å². The zero-order valence-corrected chi connectivity index (χ0v) is 13.9. The number of carboxylic acids is 1. The zero-order chi connectivity index (χ0) is 16.3. The average molecular weight is 339 g/mol. The summed E-state index contributed by atoms with van der Waals surface area (Å²) in [6.07, 6.45) is 0. The van der Waals surface area contributed by atoms with Crippen LogP contribution in [0.1, 0.15) is 31.9 Å². The number of nitrogens with one attached hydrogen (secondary N) is 1. The van der Waals surface area contributed by atoms with Crippen molar-refractivity contribution in [3.8, 4) is 0 Å². The maximum Gasteiger partial charge on any atom is 0.346 e. The molecule has 2 aromatic rings. The van der Waals surface area contributed by atoms with Gasteiger partial charge < -0.3 is 5.11 Å². The van der Waals surface area contributed by atoms with Gasteiger partial charge in [0.15, 0.2) is 0 Å². The van der Waals surface area contributed by atoms with Gasteiger partial charge in [-0.25, -0.2) is 17.9 Å². The molecule has 0 radical (unpaired) electrons. The van der Waals surface area contributed by atoms with Crippen LogP contribution < -0.4 is 4.72 Å². The molecule has 1 heterocycles. The number of carboxylic acid groups (broad SMARTS) is 1. The molecule has 5 nitrogen and oxygen atoms in total. The van der Waals surface area contributed by atoms with Gasteiger partial charge in [-0.15, -0.1) is 11.3 Å². The molecule has 0 bridgehead atoms. The molecule has 22 heavy (non-hydrogen) atoms. The van der Waals surface area contributed by atoms with E-state index in [0.29, 0.717) is 5.56 Å². The minimum Gasteiger partial charge on any atom is -0.477 e. The molecule has 1 aromatic carbocycles. The monoisotopic (exact) mass is 339 g/mol. The first-order valence-electron chi connectivity index (χ1n) is 6.62. The molecule has 7 heteroatoms. The third kappa shape index (κ3) is 3.94. The topological polar surface area (TPSA) is 83.5 Å². The Kier molecular flexibility index (Phi) is 5.00. The molecular weight excluding hydrogens is 322 g/mol. The lowest BCUT2D eigenvalue weighted by Gasteiger charge is -2.11. The summed E-state index contributed by atoms with van der Waals surface area (Å²) in [5.41, 5.74) is 3.10. The van der Waals surface area contributed by atoms with Crippen molar-refractivity contribution in [3.05, 3.63) is 56.8 Å². The van der Waals surface area contributed by atoms with Gasteiger partial charge in [0, 0.05) is 6.54 Å². The van der Waals surface area contributed by atoms with Crippen molar-refractivity contribution in [1.29, 1.82) is 0 Å². The predicted molar refractivity (Wildman–Crippen MR) is 86.7 cm³/mol. The largest absolute Gasteiger partial charge is 0.477 e. The molecule has 1 aromatic heterocycles. The molecular formula is C15H17NO4S2. The summed E-state index contributed by atoms with van der Waals surface area (Å²) >= 11 is 1.08. The molecule has 2 rings (SSSR count). The number of carbonyl (C=O) groups is 1. The molecule has 0 saturated heterocycles. The highest BCUT2D eigenvalue weighted by atomic mass is 32.2. The van der Waals surface area contributed by atoms with Crippen LogP contribution in [-0.4, -0.2) is 19.5 Å². The van der Waals surface area contributed by atoms with Crippen LogP contribution in [0.3, 0.4) is 0 Å². The molecule has 0 spiro atoms. The van der Waals surface area contributed by atoms with Crippen molar-refractivity contribution >= 4 is 27.3 Å². The highest BCUT2D eigenvalue weighted by molar-refractivity contribution is 7.88. The number of benzene rings is 1. The Morgan fingerprint density at radius 3 is 2.45 bits per heavy atom. The van der Waals surface area contributed by atoms with E-state index in [4.69, 9.17) is 5.11 Å². The Labute approximate surface area is 133 Å². The first kappa shape index (κ1) is 16.7. The van der Waals surface area contributed by atoms with E-state index in [1.54, 1.807) is 11.4 Å². The Balaban J connectivity index is 2.12. The first-order chi connectivity index (χ1) is 10.3. The Morgan fingerprint density at radius 1 is 1.23 bits per heavy atom. The van der Waals surface area contributed by atoms with E-state index in [0.717, 1.165) is 28.0 Å². The lowest BCUT2D eigenvalue weighted by molar-refractivity contribution is 0.0701. The second kappa shape index (κ2) is 6.60. The van der Waals surface area contributed by atoms with Gasteiger partial charge in [0.25, 0.3) is 0 Å². The summed E-state index contributed by atoms with van der Waals surface area (Å²) in [5, 5.41) is 10.7. The molecule has 0 aliphatic rings. The molecule has 0 unspecified atom stereocenters. The SMILES string of the molecule is Cc1cccc(C)c1CS(=O)(=O)NCc1ccsc1C(=O)O. The second-order valence-corrected chi connectivity index (χ2v) is 7.75. The zero-order valence-electron chi connectivity index (χ0n) is 12.3. The fraction of sp³-hybridized carbons (Fsp3) is 0.267. The van der Waals surface area contributed by atoms with Crippen molar-refractivity contribution in [2.24, 2.45) is 0 Å². The van der Waals surface area contributed by atoms with Crippen molar-refractivity contribution in [3.63, 3.8) is 0 Å². The van der Waals surface area contributed by atoms with E-state index >= 15 is 0 Å². The van der Waals surface area contributed by atoms with Gasteiger partial charge in [-0.3, -0.25) is 0 Å². The molecule has 0 fully saturated rings. The maximum absolute atomic E-state index is 12.2. The van der Waals surface area contributed by atoms with Gasteiger partial charge in [-0.1, -0.05) is 18.2 Å². The number of rotatable bonds is 6. The second-order valence-electron chi connectivity index (χ2n) is 5.03. The molecule has 0 saturated carbocycles. The van der Waals surface area contributed by atoms with Gasteiger partial charge in [-0.05, 0) is 47.5 Å². The Hall–Kier alpha value is -1.70. The predicted octanol–water partition coefficient (Wildman–Crippen LogP) is 2.68. The quantitative estimate of drug-likeness (QED) is 0.847. The number of aryl methyl sites for hydroxylation is 2. The number of hydrogen-bond donors (Lipinski definition) is 2. The standard InChI is InChI=1S/C15H17NO4S2/c1-10-4-3-5-11(2)13(10)9-22(19,20)16-8-12-6-7-21-14(12)15(17)18/h3-7,16H,8-9H2,1-2H3,(H,17,18). The highest BCUT2D eigenvalue weighted by Gasteiger charge is 2.17. The lowest BCUT2D eigenvalue weighted by atomic mass is 10.1. The highest BCUT2D eigenvalue weighted by Crippen LogP contribution is 2.19. The summed E-state index contributed by atoms with van der Waals surface area (Å²) < 4.78 is 26.9. The van der Waals surface area contributed by atoms with Gasteiger partial charge in [0.2, 0.25) is 10.0 Å². The summed E-state index contributed by atoms with van der Waals surface area (Å²) in [4.78, 5) is 11.2. The van der Waals surface area contributed by atoms with E-state index in [-0.39, 0.29) is 17.2 Å². The summed E-state index contributed by atoms with van der Waals surface area (Å²) in [5.74, 6) is -1.16. The summed E-state index contributed by atoms with van der Waals surface area (Å²) in [6.45, 7) is 3.73. The number of sulfonamides is 1. The van der Waals surface area contributed by atoms with E-state index in [1.807, 2.05) is 32.0 Å². The van der Waals surface area contributed by atoms with Crippen LogP contribution in [-0.2, 0) is 22.3 Å². The number of thiophene rings is 1. The van der Waals surface area contributed by atoms with E-state index < -0.39 is 16.0 Å². The smallest absolute Gasteiger partial charge is 0.346 e. The minimum atomic E-state index is -3.54. The summed E-state index contributed by atoms with van der Waals surface area (Å²) in [7, 11) is -3.54. The fourth-order valence-electron chi connectivity index (χ4n) is 2.17. The molecule has 0 aliphatic carbocycles. The lowest BCUT2D eigenvalue weighted by Crippen LogP contribution is -2.25. The molecule has 0 aliphatic heterocycles. The van der Waals surface area contributed by atoms with Crippen molar-refractivity contribution < 1.29 is 18.3 Å². The van der Waals surface area contributed by atoms with E-state index in [2.05, 4.69) is 4.72 Å². The fourth-order valence-corrected chi connectivity index (χ4v) is 4.24.